The van der Waals surface area contributed by atoms with Gasteiger partial charge >= 0.3 is 5.97 Å². The third-order valence-corrected chi connectivity index (χ3v) is 2.37. The molecule has 0 fully saturated rings. The van der Waals surface area contributed by atoms with E-state index in [0.29, 0.717) is 5.56 Å². The maximum atomic E-state index is 12.7. The van der Waals surface area contributed by atoms with Gasteiger partial charge in [0.25, 0.3) is 0 Å². The van der Waals surface area contributed by atoms with E-state index in [1.54, 1.807) is 0 Å². The van der Waals surface area contributed by atoms with E-state index in [1.165, 1.54) is 35.1 Å². The fraction of sp³-hybridized carbons (Fsp3) is 0.182. The monoisotopic (exact) mass is 251 g/mol. The average Bonchev–Trinajstić information content (AvgIpc) is 2.78. The number of aliphatic hydroxyl groups is 1. The molecule has 0 aliphatic carbocycles. The van der Waals surface area contributed by atoms with Gasteiger partial charge in [-0.3, -0.25) is 0 Å². The predicted octanol–water partition coefficient (Wildman–Crippen LogP) is 0.849. The van der Waals surface area contributed by atoms with Crippen molar-refractivity contribution in [3.8, 4) is 0 Å². The smallest absolute Gasteiger partial charge is 0.358 e. The van der Waals surface area contributed by atoms with Gasteiger partial charge in [-0.15, -0.1) is 5.10 Å². The Morgan fingerprint density at radius 2 is 2.06 bits per heavy atom. The van der Waals surface area contributed by atoms with Gasteiger partial charge in [0.1, 0.15) is 5.82 Å². The molecule has 2 aromatic rings. The SMILES string of the molecule is O=C(O)c1cn(C[C@H](O)c2ccc(F)cc2)nn1. The molecule has 0 saturated carbocycles. The zero-order valence-corrected chi connectivity index (χ0v) is 9.19. The molecule has 0 bridgehead atoms. The molecule has 0 aliphatic rings. The van der Waals surface area contributed by atoms with Crippen LogP contribution in [0.25, 0.3) is 0 Å². The standard InChI is InChI=1S/C11H10FN3O3/c12-8-3-1-7(2-4-8)10(16)6-15-5-9(11(17)18)13-14-15/h1-5,10,16H,6H2,(H,17,18)/t10-/m0/s1. The fourth-order valence-corrected chi connectivity index (χ4v) is 1.45. The Morgan fingerprint density at radius 1 is 1.39 bits per heavy atom. The minimum atomic E-state index is -1.18. The number of aliphatic hydroxyl groups excluding tert-OH is 1. The molecule has 1 atom stereocenters. The van der Waals surface area contributed by atoms with Crippen LogP contribution in [0.3, 0.4) is 0 Å². The lowest BCUT2D eigenvalue weighted by Gasteiger charge is -2.10. The Morgan fingerprint density at radius 3 is 2.61 bits per heavy atom. The molecule has 0 radical (unpaired) electrons. The van der Waals surface area contributed by atoms with Crippen molar-refractivity contribution in [1.29, 1.82) is 0 Å². The van der Waals surface area contributed by atoms with E-state index in [4.69, 9.17) is 5.11 Å². The van der Waals surface area contributed by atoms with Crippen LogP contribution in [0.5, 0.6) is 0 Å². The second kappa shape index (κ2) is 4.92. The number of carboxylic acid groups (broad SMARTS) is 1. The summed E-state index contributed by atoms with van der Waals surface area (Å²) in [4.78, 5) is 10.6. The molecule has 1 aromatic heterocycles. The molecular weight excluding hydrogens is 241 g/mol. The maximum absolute atomic E-state index is 12.7. The summed E-state index contributed by atoms with van der Waals surface area (Å²) in [6, 6.07) is 5.38. The number of halogens is 1. The van der Waals surface area contributed by atoms with Crippen molar-refractivity contribution in [3.05, 3.63) is 47.5 Å². The highest BCUT2D eigenvalue weighted by atomic mass is 19.1. The summed E-state index contributed by atoms with van der Waals surface area (Å²) in [6.45, 7) is 0.0475. The summed E-state index contributed by atoms with van der Waals surface area (Å²) in [5.74, 6) is -1.57. The van der Waals surface area contributed by atoms with Crippen molar-refractivity contribution in [1.82, 2.24) is 15.0 Å². The molecule has 0 saturated heterocycles. The number of benzene rings is 1. The van der Waals surface area contributed by atoms with E-state index in [9.17, 15) is 14.3 Å². The lowest BCUT2D eigenvalue weighted by atomic mass is 10.1. The average molecular weight is 251 g/mol. The molecule has 1 heterocycles. The molecule has 0 amide bonds. The van der Waals surface area contributed by atoms with Crippen molar-refractivity contribution >= 4 is 5.97 Å². The van der Waals surface area contributed by atoms with Gasteiger partial charge in [0.2, 0.25) is 0 Å². The summed E-state index contributed by atoms with van der Waals surface area (Å²) >= 11 is 0. The van der Waals surface area contributed by atoms with Gasteiger partial charge in [0, 0.05) is 0 Å². The number of carboxylic acids is 1. The summed E-state index contributed by atoms with van der Waals surface area (Å²) in [5, 5.41) is 25.5. The van der Waals surface area contributed by atoms with E-state index in [0.717, 1.165) is 0 Å². The van der Waals surface area contributed by atoms with E-state index < -0.39 is 12.1 Å². The minimum Gasteiger partial charge on any atom is -0.476 e. The highest BCUT2D eigenvalue weighted by Gasteiger charge is 2.12. The van der Waals surface area contributed by atoms with Crippen LogP contribution in [0.1, 0.15) is 22.2 Å². The minimum absolute atomic E-state index is 0.0475. The molecular formula is C11H10FN3O3. The van der Waals surface area contributed by atoms with E-state index >= 15 is 0 Å². The van der Waals surface area contributed by atoms with Crippen LogP contribution in [0.4, 0.5) is 4.39 Å². The van der Waals surface area contributed by atoms with Crippen molar-refractivity contribution < 1.29 is 19.4 Å². The number of nitrogens with zero attached hydrogens (tertiary/aromatic N) is 3. The number of aromatic carboxylic acids is 1. The third kappa shape index (κ3) is 2.69. The lowest BCUT2D eigenvalue weighted by molar-refractivity contribution is 0.0690. The van der Waals surface area contributed by atoms with Crippen LogP contribution in [-0.4, -0.2) is 31.2 Å². The van der Waals surface area contributed by atoms with E-state index in [1.807, 2.05) is 0 Å². The van der Waals surface area contributed by atoms with Crippen molar-refractivity contribution in [3.63, 3.8) is 0 Å². The second-order valence-electron chi connectivity index (χ2n) is 3.70. The molecule has 0 aliphatic heterocycles. The molecule has 2 N–H and O–H groups in total. The largest absolute Gasteiger partial charge is 0.476 e. The first-order chi connectivity index (χ1) is 8.56. The Hall–Kier alpha value is -2.28. The number of rotatable bonds is 4. The molecule has 94 valence electrons. The maximum Gasteiger partial charge on any atom is 0.358 e. The molecule has 2 rings (SSSR count). The third-order valence-electron chi connectivity index (χ3n) is 2.37. The summed E-state index contributed by atoms with van der Waals surface area (Å²) < 4.78 is 13.9. The van der Waals surface area contributed by atoms with Crippen LogP contribution in [0.15, 0.2) is 30.5 Å². The normalized spacial score (nSPS) is 12.3. The first kappa shape index (κ1) is 12.2. The first-order valence-electron chi connectivity index (χ1n) is 5.13. The van der Waals surface area contributed by atoms with E-state index in [-0.39, 0.29) is 18.1 Å². The van der Waals surface area contributed by atoms with Gasteiger partial charge in [-0.05, 0) is 17.7 Å². The number of hydrogen-bond donors (Lipinski definition) is 2. The molecule has 0 unspecified atom stereocenters. The molecule has 18 heavy (non-hydrogen) atoms. The Bertz CT molecular complexity index is 553. The van der Waals surface area contributed by atoms with Crippen LogP contribution in [0.2, 0.25) is 0 Å². The quantitative estimate of drug-likeness (QED) is 0.841. The van der Waals surface area contributed by atoms with Gasteiger partial charge in [-0.2, -0.15) is 0 Å². The summed E-state index contributed by atoms with van der Waals surface area (Å²) in [6.07, 6.45) is 0.309. The second-order valence-corrected chi connectivity index (χ2v) is 3.70. The summed E-state index contributed by atoms with van der Waals surface area (Å²) in [7, 11) is 0. The first-order valence-corrected chi connectivity index (χ1v) is 5.13. The Labute approximate surface area is 101 Å². The zero-order valence-electron chi connectivity index (χ0n) is 9.19. The topological polar surface area (TPSA) is 88.2 Å². The van der Waals surface area contributed by atoms with Gasteiger partial charge in [-0.1, -0.05) is 17.3 Å². The molecule has 6 nitrogen and oxygen atoms in total. The number of hydrogen-bond acceptors (Lipinski definition) is 4. The van der Waals surface area contributed by atoms with Gasteiger partial charge in [0.15, 0.2) is 5.69 Å². The molecule has 0 spiro atoms. The Balaban J connectivity index is 2.08. The molecule has 1 aromatic carbocycles. The van der Waals surface area contributed by atoms with Crippen LogP contribution >= 0.6 is 0 Å². The van der Waals surface area contributed by atoms with Gasteiger partial charge in [-0.25, -0.2) is 13.9 Å². The van der Waals surface area contributed by atoms with Crippen molar-refractivity contribution in [2.24, 2.45) is 0 Å². The fourth-order valence-electron chi connectivity index (χ4n) is 1.45. The highest BCUT2D eigenvalue weighted by Crippen LogP contribution is 2.15. The van der Waals surface area contributed by atoms with Crippen molar-refractivity contribution in [2.45, 2.75) is 12.6 Å². The number of carbonyl (C=O) groups is 1. The van der Waals surface area contributed by atoms with Crippen molar-refractivity contribution in [2.75, 3.05) is 0 Å². The summed E-state index contributed by atoms with van der Waals surface area (Å²) in [5.41, 5.74) is 0.324. The molecule has 7 heteroatoms. The number of aromatic nitrogens is 3. The van der Waals surface area contributed by atoms with Gasteiger partial charge in [0.05, 0.1) is 18.8 Å². The predicted molar refractivity (Wildman–Crippen MR) is 58.3 cm³/mol. The van der Waals surface area contributed by atoms with E-state index in [2.05, 4.69) is 10.3 Å². The van der Waals surface area contributed by atoms with Crippen LogP contribution < -0.4 is 0 Å². The van der Waals surface area contributed by atoms with Crippen LogP contribution in [-0.2, 0) is 6.54 Å². The Kier molecular flexibility index (Phi) is 3.33. The lowest BCUT2D eigenvalue weighted by Crippen LogP contribution is -2.09. The highest BCUT2D eigenvalue weighted by molar-refractivity contribution is 5.84. The van der Waals surface area contributed by atoms with Crippen LogP contribution in [0, 0.1) is 5.82 Å². The van der Waals surface area contributed by atoms with Gasteiger partial charge < -0.3 is 10.2 Å². The zero-order chi connectivity index (χ0) is 13.1.